The van der Waals surface area contributed by atoms with Crippen molar-refractivity contribution in [1.82, 2.24) is 30.4 Å². The van der Waals surface area contributed by atoms with E-state index in [9.17, 15) is 4.79 Å². The highest BCUT2D eigenvalue weighted by molar-refractivity contribution is 5.93. The molecule has 1 aliphatic rings. The third-order valence-corrected chi connectivity index (χ3v) is 4.60. The summed E-state index contributed by atoms with van der Waals surface area (Å²) < 4.78 is 4.65. The normalized spacial score (nSPS) is 17.6. The van der Waals surface area contributed by atoms with Gasteiger partial charge in [0.05, 0.1) is 6.20 Å². The van der Waals surface area contributed by atoms with Crippen LogP contribution >= 0.6 is 0 Å². The number of nitrogens with zero attached hydrogens (tertiary/aromatic N) is 5. The fourth-order valence-electron chi connectivity index (χ4n) is 3.20. The largest absolute Gasteiger partial charge is 0.336 e. The molecular weight excluding hydrogens is 320 g/mol. The SMILES string of the molecule is Cc1nonc1C(=O)N1CCC[C@H](c2ccc(-c3cn[nH]c3)cn2)C1. The Balaban J connectivity index is 1.49. The maximum atomic E-state index is 12.6. The van der Waals surface area contributed by atoms with E-state index in [0.717, 1.165) is 36.2 Å². The van der Waals surface area contributed by atoms with Crippen molar-refractivity contribution in [3.63, 3.8) is 0 Å². The molecule has 0 aliphatic carbocycles. The van der Waals surface area contributed by atoms with E-state index in [1.54, 1.807) is 13.1 Å². The predicted octanol–water partition coefficient (Wildman–Crippen LogP) is 2.18. The third-order valence-electron chi connectivity index (χ3n) is 4.60. The molecule has 0 spiro atoms. The monoisotopic (exact) mass is 338 g/mol. The standard InChI is InChI=1S/C17H18N6O2/c1-11-16(22-25-21-11)17(24)23-6-2-3-13(10-23)15-5-4-12(7-18-15)14-8-19-20-9-14/h4-5,7-9,13H,2-3,6,10H2,1H3,(H,19,20)/t13-/m0/s1. The van der Waals surface area contributed by atoms with Crippen LogP contribution in [0.15, 0.2) is 35.4 Å². The minimum Gasteiger partial charge on any atom is -0.336 e. The van der Waals surface area contributed by atoms with Crippen LogP contribution in [0.2, 0.25) is 0 Å². The summed E-state index contributed by atoms with van der Waals surface area (Å²) in [5.41, 5.74) is 3.84. The number of likely N-dealkylation sites (tertiary alicyclic amines) is 1. The molecule has 8 heteroatoms. The molecule has 8 nitrogen and oxygen atoms in total. The lowest BCUT2D eigenvalue weighted by atomic mass is 9.93. The van der Waals surface area contributed by atoms with Gasteiger partial charge in [-0.25, -0.2) is 4.63 Å². The van der Waals surface area contributed by atoms with Crippen LogP contribution in [0.3, 0.4) is 0 Å². The number of aryl methyl sites for hydroxylation is 1. The number of aromatic nitrogens is 5. The summed E-state index contributed by atoms with van der Waals surface area (Å²) in [5.74, 6) is 0.0923. The molecule has 0 unspecified atom stereocenters. The molecule has 1 aliphatic heterocycles. The fourth-order valence-corrected chi connectivity index (χ4v) is 3.20. The zero-order valence-electron chi connectivity index (χ0n) is 13.8. The van der Waals surface area contributed by atoms with E-state index in [0.29, 0.717) is 17.9 Å². The van der Waals surface area contributed by atoms with E-state index in [1.165, 1.54) is 0 Å². The first-order valence-corrected chi connectivity index (χ1v) is 8.26. The van der Waals surface area contributed by atoms with Crippen LogP contribution in [-0.4, -0.2) is 49.4 Å². The fraction of sp³-hybridized carbons (Fsp3) is 0.353. The first-order chi connectivity index (χ1) is 12.2. The number of pyridine rings is 1. The molecule has 128 valence electrons. The number of carbonyl (C=O) groups excluding carboxylic acids is 1. The van der Waals surface area contributed by atoms with E-state index in [2.05, 4.69) is 30.1 Å². The Labute approximate surface area is 144 Å². The van der Waals surface area contributed by atoms with Gasteiger partial charge in [-0.15, -0.1) is 0 Å². The Morgan fingerprint density at radius 2 is 2.20 bits per heavy atom. The first kappa shape index (κ1) is 15.5. The molecule has 1 atom stereocenters. The zero-order chi connectivity index (χ0) is 17.2. The van der Waals surface area contributed by atoms with Crippen molar-refractivity contribution in [3.05, 3.63) is 47.8 Å². The second kappa shape index (κ2) is 6.46. The van der Waals surface area contributed by atoms with E-state index in [-0.39, 0.29) is 11.8 Å². The van der Waals surface area contributed by atoms with Crippen LogP contribution in [0.5, 0.6) is 0 Å². The molecule has 0 bridgehead atoms. The minimum atomic E-state index is -0.126. The van der Waals surface area contributed by atoms with Crippen molar-refractivity contribution in [1.29, 1.82) is 0 Å². The van der Waals surface area contributed by atoms with Crippen molar-refractivity contribution < 1.29 is 9.42 Å². The summed E-state index contributed by atoms with van der Waals surface area (Å²) in [6.07, 6.45) is 7.41. The summed E-state index contributed by atoms with van der Waals surface area (Å²) in [4.78, 5) is 19.0. The van der Waals surface area contributed by atoms with Gasteiger partial charge in [-0.2, -0.15) is 5.10 Å². The molecule has 1 N–H and O–H groups in total. The third kappa shape index (κ3) is 3.02. The number of piperidine rings is 1. The molecule has 0 radical (unpaired) electrons. The van der Waals surface area contributed by atoms with Crippen LogP contribution in [0.1, 0.15) is 40.6 Å². The lowest BCUT2D eigenvalue weighted by Gasteiger charge is -2.32. The van der Waals surface area contributed by atoms with Gasteiger partial charge >= 0.3 is 0 Å². The molecule has 0 saturated carbocycles. The van der Waals surface area contributed by atoms with Gasteiger partial charge in [-0.3, -0.25) is 14.9 Å². The molecule has 1 saturated heterocycles. The summed E-state index contributed by atoms with van der Waals surface area (Å²) >= 11 is 0. The molecule has 4 rings (SSSR count). The zero-order valence-corrected chi connectivity index (χ0v) is 13.8. The molecule has 3 aromatic heterocycles. The van der Waals surface area contributed by atoms with E-state index in [1.807, 2.05) is 29.4 Å². The molecule has 0 aromatic carbocycles. The van der Waals surface area contributed by atoms with Gasteiger partial charge in [-0.1, -0.05) is 11.2 Å². The van der Waals surface area contributed by atoms with Gasteiger partial charge in [0.15, 0.2) is 5.69 Å². The summed E-state index contributed by atoms with van der Waals surface area (Å²) in [5, 5.41) is 14.2. The topological polar surface area (TPSA) is 101 Å². The summed E-state index contributed by atoms with van der Waals surface area (Å²) in [6, 6.07) is 4.07. The van der Waals surface area contributed by atoms with Crippen molar-refractivity contribution in [2.45, 2.75) is 25.7 Å². The van der Waals surface area contributed by atoms with Gasteiger partial charge in [-0.05, 0) is 31.0 Å². The maximum Gasteiger partial charge on any atom is 0.278 e. The lowest BCUT2D eigenvalue weighted by molar-refractivity contribution is 0.0694. The average molecular weight is 338 g/mol. The number of hydrogen-bond donors (Lipinski definition) is 1. The smallest absolute Gasteiger partial charge is 0.278 e. The number of aromatic amines is 1. The minimum absolute atomic E-state index is 0.126. The van der Waals surface area contributed by atoms with Gasteiger partial charge < -0.3 is 4.90 Å². The van der Waals surface area contributed by atoms with Gasteiger partial charge in [0.2, 0.25) is 0 Å². The second-order valence-corrected chi connectivity index (χ2v) is 6.25. The van der Waals surface area contributed by atoms with Crippen LogP contribution in [0.25, 0.3) is 11.1 Å². The molecule has 1 amide bonds. The van der Waals surface area contributed by atoms with Crippen LogP contribution in [-0.2, 0) is 0 Å². The van der Waals surface area contributed by atoms with Crippen LogP contribution in [0, 0.1) is 6.92 Å². The van der Waals surface area contributed by atoms with Gasteiger partial charge in [0.25, 0.3) is 5.91 Å². The summed E-state index contributed by atoms with van der Waals surface area (Å²) in [7, 11) is 0. The molecule has 4 heterocycles. The number of amides is 1. The van der Waals surface area contributed by atoms with E-state index >= 15 is 0 Å². The molecular formula is C17H18N6O2. The van der Waals surface area contributed by atoms with Crippen LogP contribution < -0.4 is 0 Å². The van der Waals surface area contributed by atoms with Crippen LogP contribution in [0.4, 0.5) is 0 Å². The first-order valence-electron chi connectivity index (χ1n) is 8.26. The highest BCUT2D eigenvalue weighted by atomic mass is 16.6. The Kier molecular flexibility index (Phi) is 4.01. The van der Waals surface area contributed by atoms with Crippen molar-refractivity contribution in [2.24, 2.45) is 0 Å². The highest BCUT2D eigenvalue weighted by Crippen LogP contribution is 2.28. The Morgan fingerprint density at radius 1 is 1.28 bits per heavy atom. The number of nitrogens with one attached hydrogen (secondary N) is 1. The number of rotatable bonds is 3. The summed E-state index contributed by atoms with van der Waals surface area (Å²) in [6.45, 7) is 3.07. The molecule has 1 fully saturated rings. The van der Waals surface area contributed by atoms with Crippen molar-refractivity contribution in [2.75, 3.05) is 13.1 Å². The molecule has 25 heavy (non-hydrogen) atoms. The lowest BCUT2D eigenvalue weighted by Crippen LogP contribution is -2.39. The Morgan fingerprint density at radius 3 is 2.88 bits per heavy atom. The predicted molar refractivity (Wildman–Crippen MR) is 88.7 cm³/mol. The van der Waals surface area contributed by atoms with E-state index < -0.39 is 0 Å². The Bertz CT molecular complexity index is 856. The van der Waals surface area contributed by atoms with Crippen molar-refractivity contribution in [3.8, 4) is 11.1 Å². The maximum absolute atomic E-state index is 12.6. The molecule has 3 aromatic rings. The Hall–Kier alpha value is -3.03. The van der Waals surface area contributed by atoms with Crippen molar-refractivity contribution >= 4 is 5.91 Å². The number of H-pyrrole nitrogens is 1. The average Bonchev–Trinajstić information content (AvgIpc) is 3.33. The van der Waals surface area contributed by atoms with E-state index in [4.69, 9.17) is 0 Å². The van der Waals surface area contributed by atoms with Gasteiger partial charge in [0.1, 0.15) is 5.69 Å². The number of hydrogen-bond acceptors (Lipinski definition) is 6. The number of carbonyl (C=O) groups is 1. The second-order valence-electron chi connectivity index (χ2n) is 6.25. The quantitative estimate of drug-likeness (QED) is 0.785. The van der Waals surface area contributed by atoms with Gasteiger partial charge in [0, 0.05) is 48.2 Å². The highest BCUT2D eigenvalue weighted by Gasteiger charge is 2.29.